The summed E-state index contributed by atoms with van der Waals surface area (Å²) in [5.41, 5.74) is 12.7. The highest BCUT2D eigenvalue weighted by atomic mass is 35.5. The van der Waals surface area contributed by atoms with Crippen LogP contribution in [-0.4, -0.2) is 0 Å². The van der Waals surface area contributed by atoms with Gasteiger partial charge in [-0.1, -0.05) is 23.7 Å². The van der Waals surface area contributed by atoms with Crippen LogP contribution in [0.1, 0.15) is 11.6 Å². The van der Waals surface area contributed by atoms with Gasteiger partial charge in [-0.05, 0) is 17.7 Å². The van der Waals surface area contributed by atoms with Crippen molar-refractivity contribution in [1.82, 2.24) is 0 Å². The Labute approximate surface area is 76.8 Å². The van der Waals surface area contributed by atoms with Crippen molar-refractivity contribution in [3.63, 3.8) is 0 Å². The summed E-state index contributed by atoms with van der Waals surface area (Å²) in [6.45, 7) is 3.59. The summed E-state index contributed by atoms with van der Waals surface area (Å²) in [6.07, 6.45) is 1.64. The summed E-state index contributed by atoms with van der Waals surface area (Å²) in [5, 5.41) is 0.586. The van der Waals surface area contributed by atoms with Crippen molar-refractivity contribution in [3.8, 4) is 0 Å². The molecule has 0 bridgehead atoms. The van der Waals surface area contributed by atoms with E-state index in [0.29, 0.717) is 10.7 Å². The fraction of sp³-hybridized carbons (Fsp3) is 0.111. The second-order valence-electron chi connectivity index (χ2n) is 2.54. The van der Waals surface area contributed by atoms with Gasteiger partial charge in [-0.25, -0.2) is 0 Å². The normalized spacial score (nSPS) is 12.5. The predicted molar refractivity (Wildman–Crippen MR) is 53.0 cm³/mol. The van der Waals surface area contributed by atoms with Crippen LogP contribution >= 0.6 is 11.6 Å². The summed E-state index contributed by atoms with van der Waals surface area (Å²) >= 11 is 5.90. The van der Waals surface area contributed by atoms with E-state index in [1.165, 1.54) is 0 Å². The van der Waals surface area contributed by atoms with Crippen molar-refractivity contribution in [3.05, 3.63) is 41.4 Å². The van der Waals surface area contributed by atoms with E-state index < -0.39 is 0 Å². The zero-order chi connectivity index (χ0) is 9.14. The zero-order valence-electron chi connectivity index (χ0n) is 6.63. The maximum atomic E-state index is 5.90. The first kappa shape index (κ1) is 9.10. The Balaban J connectivity index is 3.09. The summed E-state index contributed by atoms with van der Waals surface area (Å²) in [6, 6.07) is 5.03. The van der Waals surface area contributed by atoms with E-state index in [4.69, 9.17) is 23.1 Å². The van der Waals surface area contributed by atoms with Gasteiger partial charge in [-0.15, -0.1) is 6.58 Å². The molecule has 4 N–H and O–H groups in total. The molecule has 0 saturated heterocycles. The Morgan fingerprint density at radius 2 is 2.17 bits per heavy atom. The lowest BCUT2D eigenvalue weighted by Gasteiger charge is -2.08. The highest BCUT2D eigenvalue weighted by Gasteiger charge is 2.05. The second-order valence-corrected chi connectivity index (χ2v) is 2.95. The van der Waals surface area contributed by atoms with Crippen molar-refractivity contribution in [2.45, 2.75) is 6.04 Å². The number of nitrogens with two attached hydrogens (primary N) is 2. The van der Waals surface area contributed by atoms with Crippen LogP contribution in [0, 0.1) is 0 Å². The summed E-state index contributed by atoms with van der Waals surface area (Å²) < 4.78 is 0. The fourth-order valence-electron chi connectivity index (χ4n) is 0.941. The molecule has 0 aliphatic carbocycles. The molecule has 1 aromatic carbocycles. The van der Waals surface area contributed by atoms with Gasteiger partial charge < -0.3 is 11.5 Å². The van der Waals surface area contributed by atoms with Crippen LogP contribution in [0.4, 0.5) is 5.69 Å². The summed E-state index contributed by atoms with van der Waals surface area (Å²) in [5.74, 6) is 0. The minimum Gasteiger partial charge on any atom is -0.399 e. The van der Waals surface area contributed by atoms with Gasteiger partial charge >= 0.3 is 0 Å². The van der Waals surface area contributed by atoms with Gasteiger partial charge in [0.05, 0.1) is 0 Å². The Bertz CT molecular complexity index is 297. The molecule has 12 heavy (non-hydrogen) atoms. The lowest BCUT2D eigenvalue weighted by Crippen LogP contribution is -2.07. The van der Waals surface area contributed by atoms with E-state index in [0.717, 1.165) is 5.56 Å². The molecule has 64 valence electrons. The topological polar surface area (TPSA) is 52.0 Å². The molecule has 0 saturated carbocycles. The number of benzene rings is 1. The molecule has 1 unspecified atom stereocenters. The average molecular weight is 183 g/mol. The fourth-order valence-corrected chi connectivity index (χ4v) is 1.26. The molecule has 0 fully saturated rings. The van der Waals surface area contributed by atoms with Gasteiger partial charge in [0.1, 0.15) is 0 Å². The van der Waals surface area contributed by atoms with Crippen LogP contribution in [0.2, 0.25) is 5.02 Å². The molecule has 1 atom stereocenters. The van der Waals surface area contributed by atoms with Crippen molar-refractivity contribution >= 4 is 17.3 Å². The third-order valence-corrected chi connectivity index (χ3v) is 1.96. The second kappa shape index (κ2) is 3.61. The molecule has 0 aliphatic rings. The number of anilines is 1. The quantitative estimate of drug-likeness (QED) is 0.544. The lowest BCUT2D eigenvalue weighted by molar-refractivity contribution is 0.915. The molecule has 3 heteroatoms. The van der Waals surface area contributed by atoms with E-state index in [2.05, 4.69) is 6.58 Å². The summed E-state index contributed by atoms with van der Waals surface area (Å²) in [4.78, 5) is 0. The highest BCUT2D eigenvalue weighted by molar-refractivity contribution is 6.31. The minimum absolute atomic E-state index is 0.224. The zero-order valence-corrected chi connectivity index (χ0v) is 7.38. The Morgan fingerprint density at radius 3 is 2.67 bits per heavy atom. The maximum absolute atomic E-state index is 5.90. The molecule has 1 aromatic rings. The summed E-state index contributed by atoms with van der Waals surface area (Å²) in [7, 11) is 0. The predicted octanol–water partition coefficient (Wildman–Crippen LogP) is 2.11. The van der Waals surface area contributed by atoms with Crippen LogP contribution in [0.5, 0.6) is 0 Å². The van der Waals surface area contributed by atoms with Crippen LogP contribution in [0.15, 0.2) is 30.9 Å². The maximum Gasteiger partial charge on any atom is 0.0493 e. The van der Waals surface area contributed by atoms with Crippen LogP contribution in [0.3, 0.4) is 0 Å². The van der Waals surface area contributed by atoms with Crippen LogP contribution < -0.4 is 11.5 Å². The van der Waals surface area contributed by atoms with Gasteiger partial charge in [0.2, 0.25) is 0 Å². The van der Waals surface area contributed by atoms with Crippen molar-refractivity contribution in [1.29, 1.82) is 0 Å². The first-order valence-corrected chi connectivity index (χ1v) is 3.96. The molecule has 0 amide bonds. The van der Waals surface area contributed by atoms with Gasteiger partial charge in [0, 0.05) is 16.8 Å². The van der Waals surface area contributed by atoms with E-state index in [-0.39, 0.29) is 6.04 Å². The van der Waals surface area contributed by atoms with Crippen molar-refractivity contribution in [2.24, 2.45) is 5.73 Å². The molecule has 0 radical (unpaired) electrons. The standard InChI is InChI=1S/C9H11ClN2/c1-2-9(12)7-4-3-6(11)5-8(7)10/h2-5,9H,1,11-12H2. The smallest absolute Gasteiger partial charge is 0.0493 e. The third-order valence-electron chi connectivity index (χ3n) is 1.64. The van der Waals surface area contributed by atoms with Gasteiger partial charge in [0.15, 0.2) is 0 Å². The number of rotatable bonds is 2. The highest BCUT2D eigenvalue weighted by Crippen LogP contribution is 2.24. The number of nitrogen functional groups attached to an aromatic ring is 1. The average Bonchev–Trinajstić information content (AvgIpc) is 2.03. The van der Waals surface area contributed by atoms with Crippen LogP contribution in [-0.2, 0) is 0 Å². The third kappa shape index (κ3) is 1.78. The Kier molecular flexibility index (Phi) is 2.74. The number of halogens is 1. The number of hydrogen-bond acceptors (Lipinski definition) is 2. The van der Waals surface area contributed by atoms with Gasteiger partial charge in [-0.3, -0.25) is 0 Å². The largest absolute Gasteiger partial charge is 0.399 e. The molecule has 0 aliphatic heterocycles. The first-order chi connectivity index (χ1) is 5.65. The van der Waals surface area contributed by atoms with E-state index >= 15 is 0 Å². The van der Waals surface area contributed by atoms with E-state index in [1.807, 2.05) is 6.07 Å². The van der Waals surface area contributed by atoms with Crippen LogP contribution in [0.25, 0.3) is 0 Å². The molecule has 1 rings (SSSR count). The molecule has 0 aromatic heterocycles. The Morgan fingerprint density at radius 1 is 1.50 bits per heavy atom. The van der Waals surface area contributed by atoms with Crippen molar-refractivity contribution in [2.75, 3.05) is 5.73 Å². The monoisotopic (exact) mass is 182 g/mol. The van der Waals surface area contributed by atoms with Gasteiger partial charge in [-0.2, -0.15) is 0 Å². The van der Waals surface area contributed by atoms with Crippen molar-refractivity contribution < 1.29 is 0 Å². The SMILES string of the molecule is C=CC(N)c1ccc(N)cc1Cl. The number of hydrogen-bond donors (Lipinski definition) is 2. The Hall–Kier alpha value is -0.990. The molecule has 0 heterocycles. The molecular formula is C9H11ClN2. The molecule has 2 nitrogen and oxygen atoms in total. The van der Waals surface area contributed by atoms with Gasteiger partial charge in [0.25, 0.3) is 0 Å². The van der Waals surface area contributed by atoms with E-state index in [1.54, 1.807) is 18.2 Å². The van der Waals surface area contributed by atoms with E-state index in [9.17, 15) is 0 Å². The lowest BCUT2D eigenvalue weighted by atomic mass is 10.1. The minimum atomic E-state index is -0.224. The first-order valence-electron chi connectivity index (χ1n) is 3.58. The molecule has 0 spiro atoms. The molecular weight excluding hydrogens is 172 g/mol.